The molecular formula is C15H25NO2. The Balaban J connectivity index is 2.69. The molecule has 0 aliphatic rings. The average molecular weight is 251 g/mol. The van der Waals surface area contributed by atoms with E-state index in [1.54, 1.807) is 6.92 Å². The van der Waals surface area contributed by atoms with E-state index in [9.17, 15) is 5.11 Å². The summed E-state index contributed by atoms with van der Waals surface area (Å²) in [6.45, 7) is 8.92. The van der Waals surface area contributed by atoms with Crippen molar-refractivity contribution < 1.29 is 9.84 Å². The van der Waals surface area contributed by atoms with Crippen molar-refractivity contribution in [2.75, 3.05) is 13.2 Å². The van der Waals surface area contributed by atoms with Crippen LogP contribution in [0.15, 0.2) is 24.3 Å². The molecule has 0 bridgehead atoms. The fourth-order valence-corrected chi connectivity index (χ4v) is 1.70. The van der Waals surface area contributed by atoms with Crippen LogP contribution in [0.3, 0.4) is 0 Å². The van der Waals surface area contributed by atoms with Crippen LogP contribution >= 0.6 is 0 Å². The lowest BCUT2D eigenvalue weighted by Crippen LogP contribution is -2.35. The van der Waals surface area contributed by atoms with Gasteiger partial charge in [0.15, 0.2) is 0 Å². The van der Waals surface area contributed by atoms with E-state index in [0.29, 0.717) is 13.0 Å². The maximum absolute atomic E-state index is 9.83. The highest BCUT2D eigenvalue weighted by atomic mass is 16.5. The SMILES string of the molecule is CC(O)(CN)CCOc1ccccc1C(C)(C)C. The lowest BCUT2D eigenvalue weighted by Gasteiger charge is -2.24. The van der Waals surface area contributed by atoms with Crippen molar-refractivity contribution in [3.8, 4) is 5.75 Å². The normalized spacial score (nSPS) is 15.2. The molecule has 0 aromatic heterocycles. The molecule has 0 amide bonds. The largest absolute Gasteiger partial charge is 0.493 e. The first-order valence-electron chi connectivity index (χ1n) is 6.41. The highest BCUT2D eigenvalue weighted by Crippen LogP contribution is 2.31. The number of ether oxygens (including phenoxy) is 1. The summed E-state index contributed by atoms with van der Waals surface area (Å²) in [6, 6.07) is 8.03. The molecule has 1 aromatic carbocycles. The van der Waals surface area contributed by atoms with Gasteiger partial charge in [-0.1, -0.05) is 39.0 Å². The molecule has 3 heteroatoms. The van der Waals surface area contributed by atoms with Crippen molar-refractivity contribution in [1.82, 2.24) is 0 Å². The zero-order valence-electron chi connectivity index (χ0n) is 11.9. The van der Waals surface area contributed by atoms with Gasteiger partial charge in [0.2, 0.25) is 0 Å². The quantitative estimate of drug-likeness (QED) is 0.845. The lowest BCUT2D eigenvalue weighted by molar-refractivity contribution is 0.0451. The zero-order chi connectivity index (χ0) is 13.8. The molecule has 18 heavy (non-hydrogen) atoms. The van der Waals surface area contributed by atoms with E-state index in [1.165, 1.54) is 5.56 Å². The monoisotopic (exact) mass is 251 g/mol. The van der Waals surface area contributed by atoms with Gasteiger partial charge < -0.3 is 15.6 Å². The molecular weight excluding hydrogens is 226 g/mol. The van der Waals surface area contributed by atoms with Crippen LogP contribution in [0.2, 0.25) is 0 Å². The van der Waals surface area contributed by atoms with Gasteiger partial charge in [-0.25, -0.2) is 0 Å². The minimum atomic E-state index is -0.851. The molecule has 0 heterocycles. The standard InChI is InChI=1S/C15H25NO2/c1-14(2,3)12-7-5-6-8-13(12)18-10-9-15(4,17)11-16/h5-8,17H,9-11,16H2,1-4H3. The molecule has 1 aromatic rings. The third-order valence-corrected chi connectivity index (χ3v) is 3.03. The molecule has 0 fully saturated rings. The van der Waals surface area contributed by atoms with Crippen LogP contribution in [0.5, 0.6) is 5.75 Å². The van der Waals surface area contributed by atoms with E-state index in [1.807, 2.05) is 18.2 Å². The first-order valence-corrected chi connectivity index (χ1v) is 6.41. The second kappa shape index (κ2) is 5.72. The van der Waals surface area contributed by atoms with Crippen molar-refractivity contribution in [3.05, 3.63) is 29.8 Å². The highest BCUT2D eigenvalue weighted by Gasteiger charge is 2.20. The Labute approximate surface area is 110 Å². The number of para-hydroxylation sites is 1. The number of nitrogens with two attached hydrogens (primary N) is 1. The fraction of sp³-hybridized carbons (Fsp3) is 0.600. The molecule has 1 atom stereocenters. The molecule has 0 saturated carbocycles. The first-order chi connectivity index (χ1) is 8.26. The number of aliphatic hydroxyl groups is 1. The summed E-state index contributed by atoms with van der Waals surface area (Å²) in [5.74, 6) is 0.887. The van der Waals surface area contributed by atoms with E-state index in [2.05, 4.69) is 26.8 Å². The molecule has 1 rings (SSSR count). The van der Waals surface area contributed by atoms with Gasteiger partial charge in [-0.15, -0.1) is 0 Å². The Kier molecular flexibility index (Phi) is 4.77. The maximum atomic E-state index is 9.83. The number of hydrogen-bond donors (Lipinski definition) is 2. The fourth-order valence-electron chi connectivity index (χ4n) is 1.70. The van der Waals surface area contributed by atoms with Gasteiger partial charge in [0.25, 0.3) is 0 Å². The predicted octanol–water partition coefficient (Wildman–Crippen LogP) is 2.46. The summed E-state index contributed by atoms with van der Waals surface area (Å²) >= 11 is 0. The minimum Gasteiger partial charge on any atom is -0.493 e. The van der Waals surface area contributed by atoms with E-state index in [-0.39, 0.29) is 12.0 Å². The Hall–Kier alpha value is -1.06. The molecule has 1 unspecified atom stereocenters. The van der Waals surface area contributed by atoms with Crippen molar-refractivity contribution in [1.29, 1.82) is 0 Å². The van der Waals surface area contributed by atoms with Crippen LogP contribution < -0.4 is 10.5 Å². The molecule has 0 spiro atoms. The van der Waals surface area contributed by atoms with Gasteiger partial charge in [-0.2, -0.15) is 0 Å². The summed E-state index contributed by atoms with van der Waals surface area (Å²) in [6.07, 6.45) is 0.530. The van der Waals surface area contributed by atoms with Crippen molar-refractivity contribution in [2.45, 2.75) is 45.1 Å². The molecule has 3 nitrogen and oxygen atoms in total. The second-order valence-corrected chi connectivity index (χ2v) is 6.05. The van der Waals surface area contributed by atoms with Crippen LogP contribution in [0.4, 0.5) is 0 Å². The Morgan fingerprint density at radius 3 is 2.33 bits per heavy atom. The van der Waals surface area contributed by atoms with Gasteiger partial charge in [-0.3, -0.25) is 0 Å². The van der Waals surface area contributed by atoms with E-state index in [0.717, 1.165) is 5.75 Å². The van der Waals surface area contributed by atoms with Crippen molar-refractivity contribution in [3.63, 3.8) is 0 Å². The smallest absolute Gasteiger partial charge is 0.123 e. The average Bonchev–Trinajstić information content (AvgIpc) is 2.28. The van der Waals surface area contributed by atoms with Crippen LogP contribution in [-0.4, -0.2) is 23.9 Å². The van der Waals surface area contributed by atoms with Crippen LogP contribution in [-0.2, 0) is 5.41 Å². The summed E-state index contributed by atoms with van der Waals surface area (Å²) in [7, 11) is 0. The molecule has 102 valence electrons. The Morgan fingerprint density at radius 1 is 1.17 bits per heavy atom. The maximum Gasteiger partial charge on any atom is 0.123 e. The van der Waals surface area contributed by atoms with E-state index in [4.69, 9.17) is 10.5 Å². The highest BCUT2D eigenvalue weighted by molar-refractivity contribution is 5.38. The molecule has 0 radical (unpaired) electrons. The van der Waals surface area contributed by atoms with Gasteiger partial charge in [0, 0.05) is 13.0 Å². The van der Waals surface area contributed by atoms with Gasteiger partial charge in [0.1, 0.15) is 5.75 Å². The zero-order valence-corrected chi connectivity index (χ0v) is 11.9. The van der Waals surface area contributed by atoms with Gasteiger partial charge in [0.05, 0.1) is 12.2 Å². The first kappa shape index (κ1) is 15.0. The number of benzene rings is 1. The minimum absolute atomic E-state index is 0.0486. The topological polar surface area (TPSA) is 55.5 Å². The van der Waals surface area contributed by atoms with Crippen LogP contribution in [0, 0.1) is 0 Å². The number of hydrogen-bond acceptors (Lipinski definition) is 3. The Bertz CT molecular complexity index is 380. The van der Waals surface area contributed by atoms with Crippen LogP contribution in [0.25, 0.3) is 0 Å². The van der Waals surface area contributed by atoms with Crippen LogP contribution in [0.1, 0.15) is 39.7 Å². The predicted molar refractivity (Wildman–Crippen MR) is 74.9 cm³/mol. The summed E-state index contributed by atoms with van der Waals surface area (Å²) in [5.41, 5.74) is 5.86. The van der Waals surface area contributed by atoms with Crippen molar-refractivity contribution in [2.24, 2.45) is 5.73 Å². The second-order valence-electron chi connectivity index (χ2n) is 6.05. The molecule has 0 aliphatic carbocycles. The van der Waals surface area contributed by atoms with E-state index < -0.39 is 5.60 Å². The lowest BCUT2D eigenvalue weighted by atomic mass is 9.86. The summed E-state index contributed by atoms with van der Waals surface area (Å²) in [5, 5.41) is 9.83. The molecule has 0 saturated heterocycles. The summed E-state index contributed by atoms with van der Waals surface area (Å²) < 4.78 is 5.79. The molecule has 0 aliphatic heterocycles. The Morgan fingerprint density at radius 2 is 1.78 bits per heavy atom. The molecule has 3 N–H and O–H groups in total. The van der Waals surface area contributed by atoms with Crippen molar-refractivity contribution >= 4 is 0 Å². The van der Waals surface area contributed by atoms with Gasteiger partial charge >= 0.3 is 0 Å². The van der Waals surface area contributed by atoms with E-state index >= 15 is 0 Å². The number of rotatable bonds is 5. The summed E-state index contributed by atoms with van der Waals surface area (Å²) in [4.78, 5) is 0. The third kappa shape index (κ3) is 4.31. The third-order valence-electron chi connectivity index (χ3n) is 3.03. The van der Waals surface area contributed by atoms with Gasteiger partial charge in [-0.05, 0) is 24.0 Å².